The van der Waals surface area contributed by atoms with Gasteiger partial charge in [-0.05, 0) is 141 Å². The van der Waals surface area contributed by atoms with Crippen molar-refractivity contribution in [2.45, 2.75) is 91.9 Å². The van der Waals surface area contributed by atoms with E-state index in [1.54, 1.807) is 57.5 Å². The van der Waals surface area contributed by atoms with Gasteiger partial charge in [0, 0.05) is 54.3 Å². The minimum absolute atomic E-state index is 0.126. The number of nitriles is 3. The van der Waals surface area contributed by atoms with Crippen molar-refractivity contribution < 1.29 is 28.5 Å². The number of carbonyl (C=O) groups is 2. The molecule has 14 rings (SSSR count). The van der Waals surface area contributed by atoms with E-state index in [9.17, 15) is 25.4 Å². The van der Waals surface area contributed by atoms with Crippen molar-refractivity contribution in [2.75, 3.05) is 26.4 Å². The monoisotopic (exact) mass is 1380 g/mol. The van der Waals surface area contributed by atoms with Crippen molar-refractivity contribution in [3.63, 3.8) is 0 Å². The summed E-state index contributed by atoms with van der Waals surface area (Å²) < 4.78 is 28.3. The minimum Gasteiger partial charge on any atom is -0.493 e. The van der Waals surface area contributed by atoms with E-state index in [0.717, 1.165) is 132 Å². The lowest BCUT2D eigenvalue weighted by molar-refractivity contribution is 0.103. The van der Waals surface area contributed by atoms with Gasteiger partial charge in [0.25, 0.3) is 5.70 Å². The third-order valence-electron chi connectivity index (χ3n) is 20.5. The Hall–Kier alpha value is -10.2. The summed E-state index contributed by atoms with van der Waals surface area (Å²) in [7, 11) is 0. The Labute approximate surface area is 600 Å². The molecule has 0 fully saturated rings. The molecular formula is C86H72N4O6S4. The highest BCUT2D eigenvalue weighted by Crippen LogP contribution is 2.70. The number of carbonyl (C=O) groups excluding carboxylic acids is 2. The molecule has 4 heterocycles. The average molecular weight is 1390 g/mol. The number of ether oxygens (including phenoxy) is 4. The molecule has 4 aromatic heterocycles. The van der Waals surface area contributed by atoms with Crippen LogP contribution in [0.4, 0.5) is 0 Å². The van der Waals surface area contributed by atoms with E-state index in [0.29, 0.717) is 94.6 Å². The zero-order valence-electron chi connectivity index (χ0n) is 57.0. The van der Waals surface area contributed by atoms with Crippen LogP contribution in [-0.4, -0.2) is 38.0 Å². The van der Waals surface area contributed by atoms with Crippen molar-refractivity contribution in [2.24, 2.45) is 23.7 Å². The van der Waals surface area contributed by atoms with Crippen LogP contribution in [-0.2, 0) is 10.8 Å². The fourth-order valence-electron chi connectivity index (χ4n) is 14.2. The van der Waals surface area contributed by atoms with Crippen LogP contribution < -0.4 is 18.9 Å². The highest BCUT2D eigenvalue weighted by molar-refractivity contribution is 7.34. The van der Waals surface area contributed by atoms with Gasteiger partial charge in [-0.2, -0.15) is 10.5 Å². The zero-order chi connectivity index (χ0) is 69.7. The Morgan fingerprint density at radius 1 is 0.450 bits per heavy atom. The number of hydrogen-bond donors (Lipinski definition) is 0. The number of allylic oxidation sites excluding steroid dienone is 6. The zero-order valence-corrected chi connectivity index (χ0v) is 60.3. The maximum Gasteiger partial charge on any atom is 0.270 e. The molecule has 100 heavy (non-hydrogen) atoms. The molecular weight excluding hydrogens is 1310 g/mol. The maximum absolute atomic E-state index is 14.8. The molecule has 0 amide bonds. The van der Waals surface area contributed by atoms with Crippen molar-refractivity contribution in [3.8, 4) is 60.7 Å². The molecule has 4 atom stereocenters. The lowest BCUT2D eigenvalue weighted by Gasteiger charge is -2.34. The Morgan fingerprint density at radius 3 is 1.08 bits per heavy atom. The first-order valence-electron chi connectivity index (χ1n) is 34.3. The van der Waals surface area contributed by atoms with E-state index in [-0.39, 0.29) is 22.8 Å². The summed E-state index contributed by atoms with van der Waals surface area (Å²) in [6.45, 7) is 27.9. The maximum atomic E-state index is 14.8. The number of ketones is 2. The van der Waals surface area contributed by atoms with Gasteiger partial charge in [0.1, 0.15) is 40.7 Å². The molecule has 14 heteroatoms. The molecule has 4 aliphatic rings. The third kappa shape index (κ3) is 11.1. The summed E-state index contributed by atoms with van der Waals surface area (Å²) in [6.07, 6.45) is 7.68. The summed E-state index contributed by atoms with van der Waals surface area (Å²) in [5, 5.41) is 31.5. The van der Waals surface area contributed by atoms with Gasteiger partial charge >= 0.3 is 0 Å². The minimum atomic E-state index is -1.01. The van der Waals surface area contributed by atoms with Crippen molar-refractivity contribution in [1.29, 1.82) is 15.8 Å². The molecule has 6 aromatic carbocycles. The predicted octanol–water partition coefficient (Wildman–Crippen LogP) is 22.0. The Bertz CT molecular complexity index is 4760. The van der Waals surface area contributed by atoms with Gasteiger partial charge in [0.05, 0.1) is 78.8 Å². The van der Waals surface area contributed by atoms with E-state index in [2.05, 4.69) is 188 Å². The Kier molecular flexibility index (Phi) is 18.4. The Balaban J connectivity index is 1.07. The molecule has 0 saturated carbocycles. The number of hydrogen-bond acceptors (Lipinski definition) is 13. The number of thiophene rings is 4. The summed E-state index contributed by atoms with van der Waals surface area (Å²) in [5.41, 5.74) is 9.34. The second kappa shape index (κ2) is 27.5. The third-order valence-corrected chi connectivity index (χ3v) is 25.5. The highest BCUT2D eigenvalue weighted by atomic mass is 32.1. The average Bonchev–Trinajstić information content (AvgIpc) is 1.49. The van der Waals surface area contributed by atoms with Crippen LogP contribution in [0.2, 0.25) is 0 Å². The van der Waals surface area contributed by atoms with E-state index >= 15 is 0 Å². The van der Waals surface area contributed by atoms with Crippen LogP contribution >= 0.6 is 45.3 Å². The normalized spacial score (nSPS) is 16.7. The predicted molar refractivity (Wildman–Crippen MR) is 405 cm³/mol. The molecule has 0 aliphatic heterocycles. The van der Waals surface area contributed by atoms with Crippen LogP contribution in [0.15, 0.2) is 180 Å². The molecule has 0 radical (unpaired) electrons. The molecule has 0 unspecified atom stereocenters. The first kappa shape index (κ1) is 67.0. The molecule has 10 nitrogen and oxygen atoms in total. The fourth-order valence-corrected chi connectivity index (χ4v) is 19.9. The quantitative estimate of drug-likeness (QED) is 0.0367. The van der Waals surface area contributed by atoms with E-state index < -0.39 is 10.8 Å². The second-order valence-corrected chi connectivity index (χ2v) is 30.9. The van der Waals surface area contributed by atoms with Crippen LogP contribution in [0.25, 0.3) is 57.1 Å². The fraction of sp³-hybridized carbons (Fsp3) is 0.256. The van der Waals surface area contributed by atoms with E-state index in [4.69, 9.17) is 25.5 Å². The van der Waals surface area contributed by atoms with E-state index in [1.807, 2.05) is 48.6 Å². The van der Waals surface area contributed by atoms with Crippen molar-refractivity contribution in [3.05, 3.63) is 268 Å². The summed E-state index contributed by atoms with van der Waals surface area (Å²) in [4.78, 5) is 39.0. The highest BCUT2D eigenvalue weighted by Gasteiger charge is 2.55. The van der Waals surface area contributed by atoms with Gasteiger partial charge in [-0.15, -0.1) is 45.3 Å². The van der Waals surface area contributed by atoms with E-state index in [1.165, 1.54) is 0 Å². The van der Waals surface area contributed by atoms with Gasteiger partial charge < -0.3 is 18.9 Å². The number of benzene rings is 6. The largest absolute Gasteiger partial charge is 0.493 e. The first-order valence-corrected chi connectivity index (χ1v) is 37.5. The van der Waals surface area contributed by atoms with Crippen molar-refractivity contribution >= 4 is 89.6 Å². The lowest BCUT2D eigenvalue weighted by Crippen LogP contribution is -2.29. The van der Waals surface area contributed by atoms with Crippen LogP contribution in [0.1, 0.15) is 167 Å². The van der Waals surface area contributed by atoms with Gasteiger partial charge in [-0.3, -0.25) is 9.59 Å². The van der Waals surface area contributed by atoms with Crippen LogP contribution in [0.5, 0.6) is 23.0 Å². The summed E-state index contributed by atoms with van der Waals surface area (Å²) in [5.74, 6) is 3.94. The van der Waals surface area contributed by atoms with Crippen LogP contribution in [0.3, 0.4) is 0 Å². The number of rotatable bonds is 22. The second-order valence-electron chi connectivity index (χ2n) is 26.7. The molecule has 496 valence electrons. The molecule has 0 saturated heterocycles. The SMILES string of the molecule is [C-]#[N+]/C(C#N)=C1\C(=C\c2cc3c(s2)-c2sc4c5c(sc4c2C3(c2ccc(OC[C@H](C)CC)cc2)c2ccc(OC[C@H](C)CC)cc2)-c2sc(/C=C3\C(=O)c4ccccc4C3=C(C#N)C#N)cc2C5(c2ccc(OC[C@@H](C)CC)cc2)c2ccc(OC[C@@H](C)CC)cc2)C(=O)c2ccccc21. The number of nitrogens with zero attached hydrogens (tertiary/aromatic N) is 4. The van der Waals surface area contributed by atoms with Gasteiger partial charge in [-0.1, -0.05) is 178 Å². The molecule has 0 N–H and O–H groups in total. The van der Waals surface area contributed by atoms with Crippen LogP contribution in [0, 0.1) is 64.2 Å². The number of fused-ring (bicyclic) bond motifs is 11. The smallest absolute Gasteiger partial charge is 0.270 e. The molecule has 4 aliphatic carbocycles. The van der Waals surface area contributed by atoms with Gasteiger partial charge in [0.2, 0.25) is 0 Å². The molecule has 0 bridgehead atoms. The topological polar surface area (TPSA) is 147 Å². The molecule has 0 spiro atoms. The van der Waals surface area contributed by atoms with Gasteiger partial charge in [-0.25, -0.2) is 10.1 Å². The van der Waals surface area contributed by atoms with Crippen molar-refractivity contribution in [1.82, 2.24) is 0 Å². The molecule has 10 aromatic rings. The lowest BCUT2D eigenvalue weighted by atomic mass is 9.67. The summed E-state index contributed by atoms with van der Waals surface area (Å²) in [6, 6.07) is 59.6. The Morgan fingerprint density at radius 2 is 0.770 bits per heavy atom. The standard InChI is InChI=1S/C86H72N4O6S4/c1-10-49(5)45-93-58-30-22-54(23-31-58)85(55-24-32-59(33-25-55)94-46-50(6)11-2)70-40-62(38-68-73(53(42-87)43-88)64-18-14-16-20-66(64)77(68)91)97-79(70)81-75(85)83-84(99-81)76-82(100-83)80-71(41-63(98-80)39-69-74(72(44-89)90-9)65-19-15-17-21-67(65)78(69)92)86(76,56-26-34-60(35-27-56)95-47-51(7)12-3)57-28-36-61(37-29-57)96-48-52(8)13-4/h14-41,49-52H,10-13,45-48H2,1-8H3/b68-38-,69-39-,74-72-/t49-,50-,51+,52+/m0/s1. The first-order chi connectivity index (χ1) is 48.7. The number of Topliss-reactive ketones (excluding diaryl/α,β-unsaturated/α-hetero) is 2. The summed E-state index contributed by atoms with van der Waals surface area (Å²) >= 11 is 6.77. The van der Waals surface area contributed by atoms with Gasteiger partial charge in [0.15, 0.2) is 11.6 Å².